The van der Waals surface area contributed by atoms with Crippen LogP contribution in [0.3, 0.4) is 0 Å². The van der Waals surface area contributed by atoms with Gasteiger partial charge in [-0.25, -0.2) is 21.4 Å². The summed E-state index contributed by atoms with van der Waals surface area (Å²) in [5.74, 6) is -1.69. The number of amides is 1. The number of rotatable bonds is 19. The van der Waals surface area contributed by atoms with Crippen molar-refractivity contribution < 1.29 is 191 Å². The van der Waals surface area contributed by atoms with Gasteiger partial charge in [-0.2, -0.15) is 9.45 Å². The van der Waals surface area contributed by atoms with Crippen molar-refractivity contribution in [3.8, 4) is 5.95 Å². The molecule has 5 aromatic rings. The molecule has 342 valence electrons. The van der Waals surface area contributed by atoms with Gasteiger partial charge in [-0.1, -0.05) is 0 Å². The number of nitrogens with zero attached hydrogens (tertiary/aromatic N) is 8. The molecule has 2 radical (unpaired) electrons. The van der Waals surface area contributed by atoms with Crippen molar-refractivity contribution in [3.63, 3.8) is 0 Å². The van der Waals surface area contributed by atoms with E-state index in [-0.39, 0.29) is 202 Å². The maximum atomic E-state index is 14.5. The molecule has 5 rings (SSSR count). The number of pyridine rings is 1. The summed E-state index contributed by atoms with van der Waals surface area (Å²) in [6.45, 7) is -0.357. The number of sulfone groups is 1. The first-order chi connectivity index (χ1) is 29.5. The van der Waals surface area contributed by atoms with Crippen molar-refractivity contribution in [2.75, 3.05) is 29.1 Å². The number of nitrogens with two attached hydrogens (primary N) is 3. The number of hydrogen-bond acceptors (Lipinski definition) is 25. The van der Waals surface area contributed by atoms with E-state index in [9.17, 15) is 41.1 Å². The molecule has 1 amide bonds. The Morgan fingerprint density at radius 1 is 0.896 bits per heavy atom. The number of halogens is 4. The summed E-state index contributed by atoms with van der Waals surface area (Å²) in [6.07, 6.45) is 1.53. The molecule has 0 spiro atoms. The average molecular weight is 1450 g/mol. The summed E-state index contributed by atoms with van der Waals surface area (Å²) < 4.78 is 90.5. The topological polar surface area (TPSA) is 383 Å². The Morgan fingerprint density at radius 3 is 2.09 bits per heavy atom. The van der Waals surface area contributed by atoms with E-state index < -0.39 is 65.3 Å². The maximum Gasteiger partial charge on any atom is 1.00 e. The third-order valence-electron chi connectivity index (χ3n) is 7.16. The van der Waals surface area contributed by atoms with Crippen LogP contribution in [0.25, 0.3) is 5.95 Å². The van der Waals surface area contributed by atoms with Gasteiger partial charge in [0.2, 0.25) is 5.91 Å². The van der Waals surface area contributed by atoms with E-state index in [1.54, 1.807) is 0 Å². The van der Waals surface area contributed by atoms with Gasteiger partial charge in [0.1, 0.15) is 27.2 Å². The Morgan fingerprint density at radius 2 is 1.51 bits per heavy atom. The Kier molecular flexibility index (Phi) is 35.0. The minimum absolute atomic E-state index is 0. The van der Waals surface area contributed by atoms with Crippen LogP contribution in [0.1, 0.15) is 10.4 Å². The van der Waals surface area contributed by atoms with Crippen LogP contribution in [0.15, 0.2) is 108 Å². The Balaban J connectivity index is 0. The fourth-order valence-electron chi connectivity index (χ4n) is 4.48. The van der Waals surface area contributed by atoms with E-state index in [0.717, 1.165) is 6.07 Å². The number of azo groups is 2. The van der Waals surface area contributed by atoms with Gasteiger partial charge in [0.15, 0.2) is 22.2 Å². The molecule has 0 atom stereocenters. The van der Waals surface area contributed by atoms with Crippen LogP contribution in [-0.4, -0.2) is 60.3 Å². The molecule has 0 aliphatic carbocycles. The first kappa shape index (κ1) is 68.7. The normalized spacial score (nSPS) is 10.9. The number of primary amides is 1. The molecule has 0 aliphatic rings. The number of carbonyl (C=O) groups excluding carboxylic acids is 1. The molecular formula is C29H24BClFI2N12Na3O13S4W. The monoisotopic (exact) mass is 1450 g/mol. The molecule has 67 heavy (non-hydrogen) atoms. The van der Waals surface area contributed by atoms with Crippen molar-refractivity contribution in [2.24, 2.45) is 26.2 Å². The zero-order valence-corrected chi connectivity index (χ0v) is 51.6. The average Bonchev–Trinajstić information content (AvgIpc) is 3.22. The Hall–Kier alpha value is -0.397. The van der Waals surface area contributed by atoms with Gasteiger partial charge in [-0.05, 0) is 70.6 Å². The zero-order valence-electron chi connectivity index (χ0n) is 34.1. The molecule has 0 fully saturated rings. The summed E-state index contributed by atoms with van der Waals surface area (Å²) >= 11 is 2.66. The molecule has 2 aromatic heterocycles. The molecule has 38 heteroatoms. The van der Waals surface area contributed by atoms with Gasteiger partial charge in [0, 0.05) is 32.3 Å². The van der Waals surface area contributed by atoms with Crippen LogP contribution in [0, 0.1) is 6.08 Å². The maximum absolute atomic E-state index is 14.5. The summed E-state index contributed by atoms with van der Waals surface area (Å²) in [6, 6.07) is 12.3. The molecule has 2 heterocycles. The Labute approximate surface area is 496 Å². The first-order valence-corrected chi connectivity index (χ1v) is 28.4. The van der Waals surface area contributed by atoms with Gasteiger partial charge < -0.3 is 50.0 Å². The standard InChI is InChI=1S/C29H25FN12O13S4.BHI2.ClH.3Na.W/c30-27-35-28(37-29(36-27)42-9-7-15(8-10-42)26(33)43)34-17-3-6-21(56-54-52-44)19(13-17)39-41-25-23(31)20(14-22(24(25)32)59(48,49)50)40-38-16-1-4-18(5-2-16)58(46,47)12-11-51-57-55-53-45;1-3-2;;;;;/h1-10,13-14H,11-12H2,(H9-,31,32,33,34,35,36,37,38,39,43,44,45,48,49,50);3H;1H;;;;/q;;;3*+1;/p-3. The molecule has 0 saturated heterocycles. The van der Waals surface area contributed by atoms with Gasteiger partial charge in [-0.3, -0.25) is 19.1 Å². The molecule has 25 nitrogen and oxygen atoms in total. The van der Waals surface area contributed by atoms with E-state index in [1.165, 1.54) is 71.6 Å². The predicted molar refractivity (Wildman–Crippen MR) is 229 cm³/mol. The second kappa shape index (κ2) is 34.1. The van der Waals surface area contributed by atoms with Crippen molar-refractivity contribution in [3.05, 3.63) is 84.7 Å². The van der Waals surface area contributed by atoms with Crippen LogP contribution in [0.5, 0.6) is 0 Å². The summed E-state index contributed by atoms with van der Waals surface area (Å²) in [5, 5.41) is 45.4. The van der Waals surface area contributed by atoms with E-state index in [1.807, 2.05) is 0 Å². The smallest absolute Gasteiger partial charge is 1.00 e. The van der Waals surface area contributed by atoms with Crippen LogP contribution in [0.4, 0.5) is 50.2 Å². The fraction of sp³-hybridized carbons (Fsp3) is 0.0690. The molecule has 3 aromatic carbocycles. The van der Waals surface area contributed by atoms with Crippen LogP contribution >= 0.6 is 60.0 Å². The van der Waals surface area contributed by atoms with Crippen LogP contribution in [-0.2, 0) is 63.9 Å². The van der Waals surface area contributed by atoms with E-state index in [4.69, 9.17) is 27.1 Å². The first-order valence-electron chi connectivity index (χ1n) is 15.8. The number of anilines is 4. The van der Waals surface area contributed by atoms with E-state index >= 15 is 0 Å². The minimum atomic E-state index is -5.29. The Bertz CT molecular complexity index is 2680. The fourth-order valence-corrected chi connectivity index (χ4v) is 6.92. The second-order valence-electron chi connectivity index (χ2n) is 11.0. The summed E-state index contributed by atoms with van der Waals surface area (Å²) in [7, 11) is -9.15. The SMILES string of the molecule is NC(=O)c1cc[n+](-c2nc(F)nc(Nc3ccc(SOO[O-])c(N=Nc4c(N)c(N=Nc5ccc(S(=O)(=O)CCOSOO[O-])cc5)cc(S(=O)(=O)[O-])c4N)c3)n2)cc1.[B][IH]I.[Cl-].[Na+].[Na+].[Na+].[W]. The number of hydrogen-bond donors (Lipinski definition) is 4. The number of aromatic nitrogens is 4. The van der Waals surface area contributed by atoms with Crippen molar-refractivity contribution >= 4 is 137 Å². The third kappa shape index (κ3) is 21.7. The largest absolute Gasteiger partial charge is 1.00 e. The van der Waals surface area contributed by atoms with Crippen LogP contribution in [0.2, 0.25) is 0 Å². The molecule has 0 saturated carbocycles. The molecule has 0 bridgehead atoms. The number of nitrogen functional groups attached to an aromatic ring is 2. The minimum Gasteiger partial charge on any atom is -1.00 e. The molecule has 0 aliphatic heterocycles. The second-order valence-corrected chi connectivity index (χ2v) is 19.6. The number of nitrogens with one attached hydrogen (secondary N) is 1. The number of carbonyl (C=O) groups is 1. The van der Waals surface area contributed by atoms with Gasteiger partial charge in [0.05, 0.1) is 68.5 Å². The number of benzene rings is 3. The van der Waals surface area contributed by atoms with Crippen LogP contribution < -0.4 is 139 Å². The zero-order chi connectivity index (χ0) is 45.5. The van der Waals surface area contributed by atoms with Gasteiger partial charge >= 0.3 is 148 Å². The van der Waals surface area contributed by atoms with Crippen molar-refractivity contribution in [1.29, 1.82) is 0 Å². The van der Waals surface area contributed by atoms with E-state index in [2.05, 4.69) is 78.1 Å². The van der Waals surface area contributed by atoms with E-state index in [0.29, 0.717) is 12.0 Å². The predicted octanol–water partition coefficient (Wildman–Crippen LogP) is -9.03. The summed E-state index contributed by atoms with van der Waals surface area (Å²) in [5.41, 5.74) is 20.6. The molecule has 0 unspecified atom stereocenters. The molecule has 7 N–H and O–H groups in total. The third-order valence-corrected chi connectivity index (χ3v) is 10.8. The van der Waals surface area contributed by atoms with Gasteiger partial charge in [-0.15, -0.1) is 29.1 Å². The van der Waals surface area contributed by atoms with Crippen molar-refractivity contribution in [2.45, 2.75) is 14.7 Å². The van der Waals surface area contributed by atoms with Crippen molar-refractivity contribution in [1.82, 2.24) is 15.0 Å². The quantitative estimate of drug-likeness (QED) is 0.00570. The molecular weight excluding hydrogens is 1420 g/mol. The summed E-state index contributed by atoms with van der Waals surface area (Å²) in [4.78, 5) is 21.7. The van der Waals surface area contributed by atoms with Gasteiger partial charge in [0.25, 0.3) is 0 Å².